The van der Waals surface area contributed by atoms with Gasteiger partial charge in [-0.25, -0.2) is 4.79 Å². The highest BCUT2D eigenvalue weighted by atomic mass is 79.9. The summed E-state index contributed by atoms with van der Waals surface area (Å²) in [5.74, 6) is 0.269. The van der Waals surface area contributed by atoms with Gasteiger partial charge in [-0.15, -0.1) is 0 Å². The van der Waals surface area contributed by atoms with Gasteiger partial charge in [0.15, 0.2) is 0 Å². The fourth-order valence-electron chi connectivity index (χ4n) is 1.78. The Labute approximate surface area is 113 Å². The topological polar surface area (TPSA) is 80.8 Å². The number of hydrogen-bond acceptors (Lipinski definition) is 4. The summed E-state index contributed by atoms with van der Waals surface area (Å²) in [5, 5.41) is 0. The number of amidine groups is 1. The molecule has 1 unspecified atom stereocenters. The minimum absolute atomic E-state index is 0.269. The summed E-state index contributed by atoms with van der Waals surface area (Å²) in [7, 11) is 1.58. The van der Waals surface area contributed by atoms with Gasteiger partial charge in [0.2, 0.25) is 0 Å². The van der Waals surface area contributed by atoms with Crippen molar-refractivity contribution in [1.29, 1.82) is 0 Å². The van der Waals surface area contributed by atoms with Crippen molar-refractivity contribution in [2.45, 2.75) is 6.04 Å². The number of ether oxygens (including phenoxy) is 1. The lowest BCUT2D eigenvalue weighted by Crippen LogP contribution is -2.36. The lowest BCUT2D eigenvalue weighted by atomic mass is 10.1. The number of pyridine rings is 1. The number of aliphatic imine (C=N–C) groups is 1. The molecule has 0 aromatic carbocycles. The van der Waals surface area contributed by atoms with Gasteiger partial charge in [0.25, 0.3) is 0 Å². The molecule has 18 heavy (non-hydrogen) atoms. The summed E-state index contributed by atoms with van der Waals surface area (Å²) >= 11 is 3.31. The summed E-state index contributed by atoms with van der Waals surface area (Å²) in [5.41, 5.74) is 6.49. The maximum Gasteiger partial charge on any atom is 0.346 e. The van der Waals surface area contributed by atoms with Gasteiger partial charge in [-0.2, -0.15) is 4.99 Å². The van der Waals surface area contributed by atoms with E-state index in [9.17, 15) is 4.79 Å². The van der Waals surface area contributed by atoms with Crippen LogP contribution in [0.4, 0.5) is 4.79 Å². The maximum atomic E-state index is 11.7. The Hall–Kier alpha value is -1.47. The third kappa shape index (κ3) is 2.51. The summed E-state index contributed by atoms with van der Waals surface area (Å²) in [4.78, 5) is 21.3. The highest BCUT2D eigenvalue weighted by Gasteiger charge is 2.35. The molecule has 0 spiro atoms. The third-order valence-electron chi connectivity index (χ3n) is 2.63. The number of nitrogens with two attached hydrogens (primary N) is 1. The van der Waals surface area contributed by atoms with E-state index in [4.69, 9.17) is 10.5 Å². The molecule has 2 N–H and O–H groups in total. The fraction of sp³-hybridized carbons (Fsp3) is 0.364. The van der Waals surface area contributed by atoms with Gasteiger partial charge in [-0.3, -0.25) is 4.98 Å². The second-order valence-electron chi connectivity index (χ2n) is 3.81. The zero-order chi connectivity index (χ0) is 13.1. The average molecular weight is 313 g/mol. The molecular formula is C11H13BrN4O2. The molecule has 0 aliphatic carbocycles. The van der Waals surface area contributed by atoms with E-state index in [2.05, 4.69) is 25.9 Å². The van der Waals surface area contributed by atoms with Gasteiger partial charge in [0.1, 0.15) is 11.9 Å². The van der Waals surface area contributed by atoms with Crippen molar-refractivity contribution in [1.82, 2.24) is 9.88 Å². The lowest BCUT2D eigenvalue weighted by Gasteiger charge is -2.23. The quantitative estimate of drug-likeness (QED) is 0.909. The number of methoxy groups -OCH3 is 1. The number of amides is 2. The molecule has 0 fully saturated rings. The van der Waals surface area contributed by atoms with E-state index in [0.29, 0.717) is 18.8 Å². The zero-order valence-electron chi connectivity index (χ0n) is 9.84. The molecule has 0 saturated heterocycles. The molecule has 1 aromatic rings. The van der Waals surface area contributed by atoms with Gasteiger partial charge >= 0.3 is 6.03 Å². The normalized spacial score (nSPS) is 19.2. The van der Waals surface area contributed by atoms with Crippen LogP contribution < -0.4 is 5.73 Å². The van der Waals surface area contributed by atoms with E-state index in [1.807, 2.05) is 12.1 Å². The van der Waals surface area contributed by atoms with E-state index >= 15 is 0 Å². The number of aromatic nitrogens is 1. The number of carbonyl (C=O) groups excluding carboxylic acids is 1. The number of urea groups is 1. The van der Waals surface area contributed by atoms with E-state index < -0.39 is 6.04 Å². The molecule has 2 amide bonds. The van der Waals surface area contributed by atoms with Gasteiger partial charge in [0.05, 0.1) is 12.3 Å². The fourth-order valence-corrected chi connectivity index (χ4v) is 2.02. The van der Waals surface area contributed by atoms with E-state index in [0.717, 1.165) is 4.47 Å². The van der Waals surface area contributed by atoms with Crippen LogP contribution in [0.5, 0.6) is 0 Å². The molecule has 7 heteroatoms. The zero-order valence-corrected chi connectivity index (χ0v) is 11.4. The van der Waals surface area contributed by atoms with Crippen LogP contribution >= 0.6 is 15.9 Å². The van der Waals surface area contributed by atoms with Crippen molar-refractivity contribution in [3.63, 3.8) is 0 Å². The van der Waals surface area contributed by atoms with Crippen LogP contribution in [0.25, 0.3) is 0 Å². The van der Waals surface area contributed by atoms with Crippen LogP contribution in [0.2, 0.25) is 0 Å². The largest absolute Gasteiger partial charge is 0.385 e. The number of hydrogen-bond donors (Lipinski definition) is 1. The van der Waals surface area contributed by atoms with Crippen LogP contribution in [0.3, 0.4) is 0 Å². The monoisotopic (exact) mass is 312 g/mol. The molecule has 0 bridgehead atoms. The Bertz CT molecular complexity index is 474. The van der Waals surface area contributed by atoms with Crippen LogP contribution in [-0.4, -0.2) is 42.0 Å². The minimum atomic E-state index is -0.402. The summed E-state index contributed by atoms with van der Waals surface area (Å²) in [6.45, 7) is 0.865. The first-order valence-electron chi connectivity index (χ1n) is 5.38. The van der Waals surface area contributed by atoms with Gasteiger partial charge in [-0.1, -0.05) is 0 Å². The predicted octanol–water partition coefficient (Wildman–Crippen LogP) is 1.32. The summed E-state index contributed by atoms with van der Waals surface area (Å²) < 4.78 is 5.85. The smallest absolute Gasteiger partial charge is 0.346 e. The third-order valence-corrected chi connectivity index (χ3v) is 3.10. The minimum Gasteiger partial charge on any atom is -0.385 e. The highest BCUT2D eigenvalue weighted by Crippen LogP contribution is 2.25. The first-order chi connectivity index (χ1) is 8.63. The van der Waals surface area contributed by atoms with Gasteiger partial charge in [0, 0.05) is 24.3 Å². The van der Waals surface area contributed by atoms with Crippen LogP contribution in [0.15, 0.2) is 27.8 Å². The Balaban J connectivity index is 2.25. The van der Waals surface area contributed by atoms with Crippen molar-refractivity contribution in [3.05, 3.63) is 28.5 Å². The van der Waals surface area contributed by atoms with Crippen molar-refractivity contribution in [2.75, 3.05) is 20.3 Å². The molecule has 96 valence electrons. The molecule has 1 aliphatic heterocycles. The number of halogens is 1. The second kappa shape index (κ2) is 5.45. The molecule has 2 rings (SSSR count). The maximum absolute atomic E-state index is 11.7. The molecule has 2 heterocycles. The van der Waals surface area contributed by atoms with Crippen LogP contribution in [-0.2, 0) is 4.74 Å². The molecule has 1 atom stereocenters. The Morgan fingerprint density at radius 3 is 2.94 bits per heavy atom. The molecule has 1 aliphatic rings. The Morgan fingerprint density at radius 2 is 2.33 bits per heavy atom. The molecule has 6 nitrogen and oxygen atoms in total. The van der Waals surface area contributed by atoms with Gasteiger partial charge < -0.3 is 15.4 Å². The molecule has 0 saturated carbocycles. The SMILES string of the molecule is COCCN1C(=O)N=C(N)C1c1ccc(Br)cn1. The van der Waals surface area contributed by atoms with E-state index in [-0.39, 0.29) is 11.9 Å². The average Bonchev–Trinajstić information content (AvgIpc) is 2.62. The van der Waals surface area contributed by atoms with Gasteiger partial charge in [-0.05, 0) is 28.1 Å². The Morgan fingerprint density at radius 1 is 1.56 bits per heavy atom. The molecular weight excluding hydrogens is 300 g/mol. The molecule has 0 radical (unpaired) electrons. The second-order valence-corrected chi connectivity index (χ2v) is 4.72. The molecule has 1 aromatic heterocycles. The highest BCUT2D eigenvalue weighted by molar-refractivity contribution is 9.10. The first-order valence-corrected chi connectivity index (χ1v) is 6.18. The summed E-state index contributed by atoms with van der Waals surface area (Å²) in [6.07, 6.45) is 1.67. The van der Waals surface area contributed by atoms with Crippen molar-refractivity contribution in [2.24, 2.45) is 10.7 Å². The first kappa shape index (κ1) is 13.0. The number of rotatable bonds is 4. The standard InChI is InChI=1S/C11H13BrN4O2/c1-18-5-4-16-9(10(13)15-11(16)17)8-3-2-7(12)6-14-8/h2-3,6,9H,4-5H2,1H3,(H2,13,15,17). The predicted molar refractivity (Wildman–Crippen MR) is 70.3 cm³/mol. The number of carbonyl (C=O) groups is 1. The summed E-state index contributed by atoms with van der Waals surface area (Å²) in [6, 6.07) is 2.92. The van der Waals surface area contributed by atoms with Crippen LogP contribution in [0, 0.1) is 0 Å². The van der Waals surface area contributed by atoms with Crippen molar-refractivity contribution in [3.8, 4) is 0 Å². The van der Waals surface area contributed by atoms with Crippen molar-refractivity contribution >= 4 is 27.8 Å². The van der Waals surface area contributed by atoms with Crippen LogP contribution in [0.1, 0.15) is 11.7 Å². The van der Waals surface area contributed by atoms with E-state index in [1.54, 1.807) is 18.2 Å². The Kier molecular flexibility index (Phi) is 3.93. The lowest BCUT2D eigenvalue weighted by molar-refractivity contribution is 0.150. The van der Waals surface area contributed by atoms with Crippen molar-refractivity contribution < 1.29 is 9.53 Å². The number of nitrogens with zero attached hydrogens (tertiary/aromatic N) is 3. The van der Waals surface area contributed by atoms with E-state index in [1.165, 1.54) is 0 Å².